The number of hydrogen-bond donors (Lipinski definition) is 2. The first-order valence-corrected chi connectivity index (χ1v) is 6.51. The molecule has 21 heavy (non-hydrogen) atoms. The Balaban J connectivity index is 2.19. The van der Waals surface area contributed by atoms with Gasteiger partial charge in [0.1, 0.15) is 11.9 Å². The van der Waals surface area contributed by atoms with E-state index in [1.165, 1.54) is 6.07 Å². The van der Waals surface area contributed by atoms with Crippen molar-refractivity contribution in [3.05, 3.63) is 34.1 Å². The fraction of sp³-hybridized carbons (Fsp3) is 0.462. The molecule has 1 amide bonds. The number of ether oxygens (including phenoxy) is 1. The molecular formula is C13H16FN3O4. The maximum atomic E-state index is 13.1. The van der Waals surface area contributed by atoms with Crippen molar-refractivity contribution in [2.75, 3.05) is 0 Å². The highest BCUT2D eigenvalue weighted by Crippen LogP contribution is 2.33. The van der Waals surface area contributed by atoms with Crippen LogP contribution in [0.15, 0.2) is 18.2 Å². The van der Waals surface area contributed by atoms with Crippen LogP contribution in [0.3, 0.4) is 0 Å². The molecule has 0 heterocycles. The SMILES string of the molecule is NC(=O)C1(N)CCCC(Oc2ccc(F)cc2[N+](=O)[O-])C1. The molecule has 1 aromatic carbocycles. The van der Waals surface area contributed by atoms with Crippen LogP contribution in [-0.4, -0.2) is 22.5 Å². The van der Waals surface area contributed by atoms with E-state index in [-0.39, 0.29) is 12.2 Å². The molecule has 7 nitrogen and oxygen atoms in total. The maximum absolute atomic E-state index is 13.1. The average Bonchev–Trinajstić information content (AvgIpc) is 2.40. The van der Waals surface area contributed by atoms with Gasteiger partial charge in [-0.15, -0.1) is 0 Å². The molecular weight excluding hydrogens is 281 g/mol. The minimum atomic E-state index is -1.17. The zero-order chi connectivity index (χ0) is 15.6. The lowest BCUT2D eigenvalue weighted by molar-refractivity contribution is -0.386. The molecule has 1 saturated carbocycles. The summed E-state index contributed by atoms with van der Waals surface area (Å²) in [7, 11) is 0. The standard InChI is InChI=1S/C13H16FN3O4/c14-8-3-4-11(10(6-8)17(19)20)21-9-2-1-5-13(16,7-9)12(15)18/h3-4,6,9H,1-2,5,7,16H2,(H2,15,18). The van der Waals surface area contributed by atoms with Gasteiger partial charge in [0.05, 0.1) is 16.5 Å². The number of carbonyl (C=O) groups is 1. The summed E-state index contributed by atoms with van der Waals surface area (Å²) in [5, 5.41) is 10.9. The monoisotopic (exact) mass is 297 g/mol. The third kappa shape index (κ3) is 3.27. The van der Waals surface area contributed by atoms with Crippen molar-refractivity contribution in [1.29, 1.82) is 0 Å². The van der Waals surface area contributed by atoms with E-state index in [2.05, 4.69) is 0 Å². The first-order chi connectivity index (χ1) is 9.82. The lowest BCUT2D eigenvalue weighted by atomic mass is 9.80. The molecule has 0 radical (unpaired) electrons. The van der Waals surface area contributed by atoms with Gasteiger partial charge in [0.15, 0.2) is 5.75 Å². The number of nitrogens with zero attached hydrogens (tertiary/aromatic N) is 1. The Kier molecular flexibility index (Phi) is 4.08. The predicted molar refractivity (Wildman–Crippen MR) is 72.1 cm³/mol. The number of amides is 1. The van der Waals surface area contributed by atoms with E-state index in [4.69, 9.17) is 16.2 Å². The highest BCUT2D eigenvalue weighted by atomic mass is 19.1. The fourth-order valence-corrected chi connectivity index (χ4v) is 2.49. The number of primary amides is 1. The first kappa shape index (κ1) is 15.2. The molecule has 0 saturated heterocycles. The van der Waals surface area contributed by atoms with E-state index < -0.39 is 34.0 Å². The van der Waals surface area contributed by atoms with Gasteiger partial charge in [-0.25, -0.2) is 4.39 Å². The second-order valence-corrected chi connectivity index (χ2v) is 5.23. The van der Waals surface area contributed by atoms with E-state index in [1.54, 1.807) is 0 Å². The van der Waals surface area contributed by atoms with Gasteiger partial charge in [-0.05, 0) is 31.4 Å². The molecule has 1 aliphatic rings. The summed E-state index contributed by atoms with van der Waals surface area (Å²) < 4.78 is 18.6. The van der Waals surface area contributed by atoms with Gasteiger partial charge in [0, 0.05) is 6.42 Å². The van der Waals surface area contributed by atoms with Crippen LogP contribution in [0.5, 0.6) is 5.75 Å². The Morgan fingerprint density at radius 3 is 2.86 bits per heavy atom. The van der Waals surface area contributed by atoms with Crippen LogP contribution in [0.4, 0.5) is 10.1 Å². The van der Waals surface area contributed by atoms with Crippen LogP contribution in [0.1, 0.15) is 25.7 Å². The van der Waals surface area contributed by atoms with Gasteiger partial charge >= 0.3 is 5.69 Å². The minimum Gasteiger partial charge on any atom is -0.483 e. The van der Waals surface area contributed by atoms with Crippen molar-refractivity contribution in [1.82, 2.24) is 0 Å². The lowest BCUT2D eigenvalue weighted by Gasteiger charge is -2.35. The first-order valence-electron chi connectivity index (χ1n) is 6.51. The number of carbonyl (C=O) groups excluding carboxylic acids is 1. The number of hydrogen-bond acceptors (Lipinski definition) is 5. The molecule has 4 N–H and O–H groups in total. The Labute approximate surface area is 120 Å². The van der Waals surface area contributed by atoms with E-state index >= 15 is 0 Å². The molecule has 2 rings (SSSR count). The van der Waals surface area contributed by atoms with Crippen LogP contribution in [0.25, 0.3) is 0 Å². The van der Waals surface area contributed by atoms with Crippen LogP contribution in [0.2, 0.25) is 0 Å². The third-order valence-electron chi connectivity index (χ3n) is 3.64. The van der Waals surface area contributed by atoms with Crippen molar-refractivity contribution in [3.8, 4) is 5.75 Å². The molecule has 1 aliphatic carbocycles. The highest BCUT2D eigenvalue weighted by Gasteiger charge is 2.39. The molecule has 2 unspecified atom stereocenters. The summed E-state index contributed by atoms with van der Waals surface area (Å²) in [6.45, 7) is 0. The molecule has 0 aromatic heterocycles. The van der Waals surface area contributed by atoms with Crippen LogP contribution >= 0.6 is 0 Å². The minimum absolute atomic E-state index is 0.0416. The highest BCUT2D eigenvalue weighted by molar-refractivity contribution is 5.84. The number of halogens is 1. The number of nitro groups is 1. The Bertz CT molecular complexity index is 581. The van der Waals surface area contributed by atoms with Gasteiger partial charge in [-0.3, -0.25) is 14.9 Å². The van der Waals surface area contributed by atoms with Crippen molar-refractivity contribution < 1.29 is 18.8 Å². The fourth-order valence-electron chi connectivity index (χ4n) is 2.49. The zero-order valence-corrected chi connectivity index (χ0v) is 11.3. The number of nitro benzene ring substituents is 1. The topological polar surface area (TPSA) is 121 Å². The van der Waals surface area contributed by atoms with Crippen LogP contribution in [0, 0.1) is 15.9 Å². The smallest absolute Gasteiger partial charge is 0.313 e. The Morgan fingerprint density at radius 1 is 1.52 bits per heavy atom. The molecule has 114 valence electrons. The van der Waals surface area contributed by atoms with Crippen molar-refractivity contribution in [2.45, 2.75) is 37.3 Å². The third-order valence-corrected chi connectivity index (χ3v) is 3.64. The quantitative estimate of drug-likeness (QED) is 0.639. The van der Waals surface area contributed by atoms with E-state index in [1.807, 2.05) is 0 Å². The summed E-state index contributed by atoms with van der Waals surface area (Å²) in [4.78, 5) is 21.6. The molecule has 0 bridgehead atoms. The van der Waals surface area contributed by atoms with E-state index in [0.717, 1.165) is 12.1 Å². The molecule has 0 aliphatic heterocycles. The van der Waals surface area contributed by atoms with E-state index in [9.17, 15) is 19.3 Å². The van der Waals surface area contributed by atoms with Crippen molar-refractivity contribution in [2.24, 2.45) is 11.5 Å². The van der Waals surface area contributed by atoms with Crippen LogP contribution < -0.4 is 16.2 Å². The van der Waals surface area contributed by atoms with Gasteiger partial charge in [0.25, 0.3) is 0 Å². The lowest BCUT2D eigenvalue weighted by Crippen LogP contribution is -2.56. The predicted octanol–water partition coefficient (Wildman–Crippen LogP) is 1.24. The second kappa shape index (κ2) is 5.65. The summed E-state index contributed by atoms with van der Waals surface area (Å²) >= 11 is 0. The Hall–Kier alpha value is -2.22. The zero-order valence-electron chi connectivity index (χ0n) is 11.3. The number of nitrogens with two attached hydrogens (primary N) is 2. The van der Waals surface area contributed by atoms with Gasteiger partial charge in [-0.1, -0.05) is 0 Å². The molecule has 1 fully saturated rings. The largest absolute Gasteiger partial charge is 0.483 e. The van der Waals surface area contributed by atoms with Crippen molar-refractivity contribution in [3.63, 3.8) is 0 Å². The summed E-state index contributed by atoms with van der Waals surface area (Å²) in [5.41, 5.74) is 9.57. The van der Waals surface area contributed by atoms with Gasteiger partial charge in [-0.2, -0.15) is 0 Å². The summed E-state index contributed by atoms with van der Waals surface area (Å²) in [5.74, 6) is -1.38. The maximum Gasteiger partial charge on any atom is 0.313 e. The molecule has 1 aromatic rings. The summed E-state index contributed by atoms with van der Waals surface area (Å²) in [6.07, 6.45) is 1.38. The molecule has 2 atom stereocenters. The van der Waals surface area contributed by atoms with E-state index in [0.29, 0.717) is 19.3 Å². The molecule has 8 heteroatoms. The van der Waals surface area contributed by atoms with Crippen LogP contribution in [-0.2, 0) is 4.79 Å². The number of benzene rings is 1. The van der Waals surface area contributed by atoms with Crippen molar-refractivity contribution >= 4 is 11.6 Å². The number of rotatable bonds is 4. The second-order valence-electron chi connectivity index (χ2n) is 5.23. The Morgan fingerprint density at radius 2 is 2.24 bits per heavy atom. The van der Waals surface area contributed by atoms with Gasteiger partial charge in [0.2, 0.25) is 5.91 Å². The average molecular weight is 297 g/mol. The normalized spacial score (nSPS) is 25.3. The molecule has 0 spiro atoms. The van der Waals surface area contributed by atoms with Gasteiger partial charge < -0.3 is 16.2 Å². The summed E-state index contributed by atoms with van der Waals surface area (Å²) in [6, 6.07) is 3.07.